The summed E-state index contributed by atoms with van der Waals surface area (Å²) < 4.78 is 4.94. The van der Waals surface area contributed by atoms with Crippen LogP contribution in [0.1, 0.15) is 41.5 Å². The molecule has 0 aromatic carbocycles. The van der Waals surface area contributed by atoms with Crippen LogP contribution >= 0.6 is 15.9 Å². The van der Waals surface area contributed by atoms with E-state index >= 15 is 0 Å². The Morgan fingerprint density at radius 2 is 1.38 bits per heavy atom. The fourth-order valence-electron chi connectivity index (χ4n) is 0.602. The van der Waals surface area contributed by atoms with E-state index in [0.717, 1.165) is 25.7 Å². The predicted molar refractivity (Wildman–Crippen MR) is 96.2 cm³/mol. The average molecular weight is 385 g/mol. The van der Waals surface area contributed by atoms with Gasteiger partial charge in [-0.25, -0.2) is 0 Å². The van der Waals surface area contributed by atoms with Gasteiger partial charge in [0.2, 0.25) is 0 Å². The fraction of sp³-hybridized carbons (Fsp3) is 0.733. The Hall–Kier alpha value is 0.800. The van der Waals surface area contributed by atoms with E-state index in [1.807, 2.05) is 0 Å². The van der Waals surface area contributed by atoms with E-state index in [4.69, 9.17) is 14.9 Å². The molecule has 1 rings (SSSR count). The van der Waals surface area contributed by atoms with E-state index in [2.05, 4.69) is 29.1 Å². The van der Waals surface area contributed by atoms with Crippen LogP contribution in [0.2, 0.25) is 0 Å². The summed E-state index contributed by atoms with van der Waals surface area (Å²) >= 11 is 3.13. The van der Waals surface area contributed by atoms with Crippen molar-refractivity contribution in [2.45, 2.75) is 41.5 Å². The average Bonchev–Trinajstić information content (AvgIpc) is 2.92. The third-order valence-corrected chi connectivity index (χ3v) is 1.73. The summed E-state index contributed by atoms with van der Waals surface area (Å²) in [4.78, 5) is 0. The second-order valence-corrected chi connectivity index (χ2v) is 3.21. The summed E-state index contributed by atoms with van der Waals surface area (Å²) in [6, 6.07) is 0. The van der Waals surface area contributed by atoms with E-state index in [1.165, 1.54) is 12.8 Å². The van der Waals surface area contributed by atoms with Crippen LogP contribution in [0.15, 0.2) is 25.3 Å². The van der Waals surface area contributed by atoms with E-state index in [0.29, 0.717) is 6.42 Å². The minimum Gasteiger partial charge on any atom is -0.870 e. The molecule has 0 atom stereocenters. The van der Waals surface area contributed by atoms with Crippen molar-refractivity contribution < 1.29 is 50.0 Å². The molecule has 130 valence electrons. The zero-order chi connectivity index (χ0) is 13.1. The molecule has 1 aliphatic rings. The number of hydrogen-bond acceptors (Lipinski definition) is 4. The zero-order valence-corrected chi connectivity index (χ0v) is 15.2. The molecule has 3 N–H and O–H groups in total. The van der Waals surface area contributed by atoms with Crippen LogP contribution in [-0.4, -0.2) is 47.9 Å². The number of ether oxygens (including phenoxy) is 1. The van der Waals surface area contributed by atoms with Crippen LogP contribution in [0.5, 0.6) is 0 Å². The van der Waals surface area contributed by atoms with Crippen LogP contribution in [0.4, 0.5) is 0 Å². The molecule has 0 unspecified atom stereocenters. The topological polar surface area (TPSA) is 79.7 Å². The normalized spacial score (nSPS) is 8.95. The van der Waals surface area contributed by atoms with Gasteiger partial charge in [-0.1, -0.05) is 50.4 Å². The molecule has 0 aliphatic carbocycles. The molecule has 0 spiro atoms. The molecule has 0 radical (unpaired) electrons. The van der Waals surface area contributed by atoms with Crippen molar-refractivity contribution in [3.05, 3.63) is 25.3 Å². The van der Waals surface area contributed by atoms with Crippen molar-refractivity contribution in [1.82, 2.24) is 0 Å². The zero-order valence-electron chi connectivity index (χ0n) is 11.6. The van der Waals surface area contributed by atoms with Gasteiger partial charge in [-0.15, -0.1) is 13.2 Å². The van der Waals surface area contributed by atoms with Gasteiger partial charge < -0.3 is 20.4 Å². The Kier molecular flexibility index (Phi) is 165. The standard InChI is InChI=1S/2C4H8O.C3H5Br.CH4O.3CH4.Na.H2O/c1-2-4-5-3-1;1-2-3-4-5;1-2-3-4;1-2;;;;;/h1-4H2;2,5H,1,3-4H2;2H,1,3H2;2H,1H3;3*1H4;;1H2/q;;;;;;;+1;/p-1. The first-order chi connectivity index (χ1) is 7.83. The van der Waals surface area contributed by atoms with Crippen molar-refractivity contribution >= 4 is 15.9 Å². The Labute approximate surface area is 164 Å². The van der Waals surface area contributed by atoms with Crippen molar-refractivity contribution in [3.8, 4) is 0 Å². The van der Waals surface area contributed by atoms with Crippen LogP contribution in [-0.2, 0) is 4.74 Å². The number of alkyl halides is 1. The van der Waals surface area contributed by atoms with Gasteiger partial charge in [0.05, 0.1) is 0 Å². The van der Waals surface area contributed by atoms with Gasteiger partial charge in [0, 0.05) is 32.3 Å². The van der Waals surface area contributed by atoms with Crippen LogP contribution < -0.4 is 29.6 Å². The third kappa shape index (κ3) is 94.9. The Balaban J connectivity index is -0.0000000172. The Morgan fingerprint density at radius 3 is 1.43 bits per heavy atom. The predicted octanol–water partition coefficient (Wildman–Crippen LogP) is 1.26. The number of rotatable bonds is 3. The molecular weight excluding hydrogens is 347 g/mol. The van der Waals surface area contributed by atoms with E-state index in [9.17, 15) is 0 Å². The SMILES string of the molecule is C.C.C.C1CCOC1.C=CCBr.C=CCCO.CO.[Na+].[OH-]. The molecule has 0 aromatic rings. The molecule has 1 saturated heterocycles. The smallest absolute Gasteiger partial charge is 0.870 e. The second kappa shape index (κ2) is 69.9. The summed E-state index contributed by atoms with van der Waals surface area (Å²) in [5.74, 6) is 0. The largest absolute Gasteiger partial charge is 1.00 e. The number of hydrogen-bond donors (Lipinski definition) is 2. The van der Waals surface area contributed by atoms with Gasteiger partial charge in [-0.3, -0.25) is 0 Å². The van der Waals surface area contributed by atoms with Gasteiger partial charge in [0.15, 0.2) is 0 Å². The van der Waals surface area contributed by atoms with Gasteiger partial charge in [-0.2, -0.15) is 0 Å². The van der Waals surface area contributed by atoms with E-state index in [-0.39, 0.29) is 63.9 Å². The summed E-state index contributed by atoms with van der Waals surface area (Å²) in [5.41, 5.74) is 0. The maximum Gasteiger partial charge on any atom is 1.00 e. The number of halogens is 1. The number of allylic oxidation sites excluding steroid dienone is 1. The van der Waals surface area contributed by atoms with Crippen molar-refractivity contribution in [1.29, 1.82) is 0 Å². The van der Waals surface area contributed by atoms with Crippen LogP contribution in [0.25, 0.3) is 0 Å². The minimum absolute atomic E-state index is 0. The van der Waals surface area contributed by atoms with Gasteiger partial charge in [0.25, 0.3) is 0 Å². The molecule has 6 heteroatoms. The van der Waals surface area contributed by atoms with Crippen LogP contribution in [0.3, 0.4) is 0 Å². The Bertz CT molecular complexity index is 117. The summed E-state index contributed by atoms with van der Waals surface area (Å²) in [6.07, 6.45) is 6.74. The van der Waals surface area contributed by atoms with Gasteiger partial charge in [-0.05, 0) is 19.3 Å². The van der Waals surface area contributed by atoms with E-state index < -0.39 is 0 Å². The monoisotopic (exact) mass is 384 g/mol. The minimum atomic E-state index is 0. The maximum absolute atomic E-state index is 8.00. The van der Waals surface area contributed by atoms with Crippen molar-refractivity contribution in [2.24, 2.45) is 0 Å². The second-order valence-electron chi connectivity index (χ2n) is 2.56. The molecule has 0 amide bonds. The van der Waals surface area contributed by atoms with Gasteiger partial charge >= 0.3 is 29.6 Å². The fourth-order valence-corrected chi connectivity index (χ4v) is 0.602. The molecule has 1 aliphatic heterocycles. The molecule has 1 fully saturated rings. The first kappa shape index (κ1) is 49.5. The molecule has 4 nitrogen and oxygen atoms in total. The molecule has 1 heterocycles. The molecular formula is C15H38BrNaO4. The Morgan fingerprint density at radius 1 is 1.05 bits per heavy atom. The summed E-state index contributed by atoms with van der Waals surface area (Å²) in [6.45, 7) is 9.05. The molecule has 0 aromatic heterocycles. The molecule has 0 bridgehead atoms. The maximum atomic E-state index is 8.00. The van der Waals surface area contributed by atoms with Crippen molar-refractivity contribution in [3.63, 3.8) is 0 Å². The molecule has 21 heavy (non-hydrogen) atoms. The molecule has 0 saturated carbocycles. The first-order valence-corrected chi connectivity index (χ1v) is 6.36. The number of aliphatic hydroxyl groups is 2. The first-order valence-electron chi connectivity index (χ1n) is 5.24. The quantitative estimate of drug-likeness (QED) is 0.436. The van der Waals surface area contributed by atoms with Crippen LogP contribution in [0, 0.1) is 0 Å². The van der Waals surface area contributed by atoms with Crippen molar-refractivity contribution in [2.75, 3.05) is 32.3 Å². The van der Waals surface area contributed by atoms with Gasteiger partial charge in [0.1, 0.15) is 0 Å². The summed E-state index contributed by atoms with van der Waals surface area (Å²) in [7, 11) is 1.00. The van der Waals surface area contributed by atoms with E-state index in [1.54, 1.807) is 12.2 Å². The summed E-state index contributed by atoms with van der Waals surface area (Å²) in [5, 5.41) is 15.9. The number of aliphatic hydroxyl groups excluding tert-OH is 2. The third-order valence-electron chi connectivity index (χ3n) is 1.27.